The Hall–Kier alpha value is -1.94. The summed E-state index contributed by atoms with van der Waals surface area (Å²) >= 11 is 0. The monoisotopic (exact) mass is 1550 g/mol. The molecule has 3 unspecified atom stereocenters. The van der Waals surface area contributed by atoms with Crippen LogP contribution in [0.15, 0.2) is 0 Å². The molecule has 0 saturated heterocycles. The molecule has 0 radical (unpaired) electrons. The number of phosphoric ester groups is 2. The van der Waals surface area contributed by atoms with Crippen molar-refractivity contribution in [3.63, 3.8) is 0 Å². The smallest absolute Gasteiger partial charge is 0.462 e. The highest BCUT2D eigenvalue weighted by Gasteiger charge is 2.30. The SMILES string of the molecule is CCCCCCCCCCCCCCCCCCCCCCCCC(=O)OC[C@H](COP(=O)(O)OC[C@@H](O)COP(=O)(O)OC[C@@H](COC(=O)CCCCCCCCC)OC(=O)CCCCCCCCCCCCCCCCC)OC(=O)CCCCCCCCCCCCCCCCCCCCC(C)CC. The van der Waals surface area contributed by atoms with Crippen LogP contribution in [-0.4, -0.2) is 96.7 Å². The number of unbranched alkanes of at least 4 members (excludes halogenated alkanes) is 58. The maximum Gasteiger partial charge on any atom is 0.472 e. The summed E-state index contributed by atoms with van der Waals surface area (Å²) in [6, 6.07) is 0. The normalized spacial score (nSPS) is 14.0. The average Bonchev–Trinajstić information content (AvgIpc) is 0.902. The summed E-state index contributed by atoms with van der Waals surface area (Å²) in [5.74, 6) is -1.23. The Balaban J connectivity index is 5.14. The fourth-order valence-electron chi connectivity index (χ4n) is 13.6. The Morgan fingerprint density at radius 1 is 0.264 bits per heavy atom. The van der Waals surface area contributed by atoms with Crippen molar-refractivity contribution >= 4 is 39.5 Å². The molecular formula is C87H170O17P2. The van der Waals surface area contributed by atoms with Gasteiger partial charge in [0.2, 0.25) is 0 Å². The fourth-order valence-corrected chi connectivity index (χ4v) is 15.2. The quantitative estimate of drug-likeness (QED) is 0.0222. The molecule has 0 aliphatic heterocycles. The highest BCUT2D eigenvalue weighted by molar-refractivity contribution is 7.47. The summed E-state index contributed by atoms with van der Waals surface area (Å²) < 4.78 is 68.8. The molecule has 3 N–H and O–H groups in total. The second-order valence-electron chi connectivity index (χ2n) is 31.5. The molecule has 106 heavy (non-hydrogen) atoms. The first-order valence-corrected chi connectivity index (χ1v) is 48.2. The van der Waals surface area contributed by atoms with E-state index in [0.717, 1.165) is 109 Å². The van der Waals surface area contributed by atoms with Gasteiger partial charge in [0.15, 0.2) is 12.2 Å². The zero-order valence-corrected chi connectivity index (χ0v) is 71.4. The van der Waals surface area contributed by atoms with E-state index in [1.165, 1.54) is 283 Å². The Labute approximate surface area is 651 Å². The van der Waals surface area contributed by atoms with Crippen LogP contribution in [0.5, 0.6) is 0 Å². The largest absolute Gasteiger partial charge is 0.472 e. The maximum absolute atomic E-state index is 13.2. The molecule has 0 aliphatic rings. The molecule has 0 spiro atoms. The van der Waals surface area contributed by atoms with E-state index in [4.69, 9.17) is 37.0 Å². The van der Waals surface area contributed by atoms with Gasteiger partial charge in [-0.2, -0.15) is 0 Å². The zero-order chi connectivity index (χ0) is 77.6. The molecule has 0 bridgehead atoms. The molecule has 0 aromatic heterocycles. The van der Waals surface area contributed by atoms with Crippen molar-refractivity contribution in [2.45, 2.75) is 490 Å². The van der Waals surface area contributed by atoms with Crippen LogP contribution in [0.2, 0.25) is 0 Å². The van der Waals surface area contributed by atoms with E-state index in [-0.39, 0.29) is 25.7 Å². The number of carbonyl (C=O) groups is 4. The van der Waals surface area contributed by atoms with Crippen molar-refractivity contribution in [2.24, 2.45) is 5.92 Å². The van der Waals surface area contributed by atoms with E-state index in [1.54, 1.807) is 0 Å². The van der Waals surface area contributed by atoms with Gasteiger partial charge in [-0.25, -0.2) is 9.13 Å². The van der Waals surface area contributed by atoms with Gasteiger partial charge in [0.05, 0.1) is 26.4 Å². The first-order valence-electron chi connectivity index (χ1n) is 45.2. The molecule has 0 heterocycles. The molecule has 17 nitrogen and oxygen atoms in total. The van der Waals surface area contributed by atoms with Crippen molar-refractivity contribution in [3.8, 4) is 0 Å². The molecule has 0 aromatic carbocycles. The lowest BCUT2D eigenvalue weighted by atomic mass is 9.99. The van der Waals surface area contributed by atoms with E-state index >= 15 is 0 Å². The van der Waals surface area contributed by atoms with Crippen molar-refractivity contribution < 1.29 is 80.2 Å². The summed E-state index contributed by atoms with van der Waals surface area (Å²) in [6.45, 7) is 7.39. The zero-order valence-electron chi connectivity index (χ0n) is 69.6. The van der Waals surface area contributed by atoms with E-state index in [1.807, 2.05) is 0 Å². The van der Waals surface area contributed by atoms with Gasteiger partial charge in [-0.3, -0.25) is 37.3 Å². The second kappa shape index (κ2) is 79.7. The van der Waals surface area contributed by atoms with Crippen LogP contribution >= 0.6 is 15.6 Å². The van der Waals surface area contributed by atoms with Crippen molar-refractivity contribution in [1.82, 2.24) is 0 Å². The number of aliphatic hydroxyl groups is 1. The number of rotatable bonds is 87. The molecule has 0 aliphatic carbocycles. The van der Waals surface area contributed by atoms with Gasteiger partial charge in [-0.05, 0) is 31.6 Å². The van der Waals surface area contributed by atoms with Gasteiger partial charge in [-0.1, -0.05) is 420 Å². The van der Waals surface area contributed by atoms with E-state index in [0.29, 0.717) is 25.7 Å². The highest BCUT2D eigenvalue weighted by atomic mass is 31.2. The number of phosphoric acid groups is 2. The average molecular weight is 1550 g/mol. The van der Waals surface area contributed by atoms with Crippen LogP contribution in [0.3, 0.4) is 0 Å². The topological polar surface area (TPSA) is 237 Å². The molecule has 0 fully saturated rings. The molecule has 0 aromatic rings. The highest BCUT2D eigenvalue weighted by Crippen LogP contribution is 2.45. The van der Waals surface area contributed by atoms with Gasteiger partial charge >= 0.3 is 39.5 Å². The molecular weight excluding hydrogens is 1380 g/mol. The molecule has 0 saturated carbocycles. The summed E-state index contributed by atoms with van der Waals surface area (Å²) in [4.78, 5) is 73.1. The van der Waals surface area contributed by atoms with Crippen LogP contribution in [0.4, 0.5) is 0 Å². The molecule has 0 amide bonds. The Morgan fingerprint density at radius 2 is 0.453 bits per heavy atom. The Kier molecular flexibility index (Phi) is 78.2. The van der Waals surface area contributed by atoms with Crippen molar-refractivity contribution in [2.75, 3.05) is 39.6 Å². The predicted molar refractivity (Wildman–Crippen MR) is 437 cm³/mol. The molecule has 630 valence electrons. The minimum absolute atomic E-state index is 0.108. The second-order valence-corrected chi connectivity index (χ2v) is 34.4. The predicted octanol–water partition coefficient (Wildman–Crippen LogP) is 26.8. The van der Waals surface area contributed by atoms with E-state index in [2.05, 4.69) is 34.6 Å². The first kappa shape index (κ1) is 104. The van der Waals surface area contributed by atoms with Crippen LogP contribution in [0.1, 0.15) is 471 Å². The van der Waals surface area contributed by atoms with Gasteiger partial charge in [0.25, 0.3) is 0 Å². The number of hydrogen-bond acceptors (Lipinski definition) is 15. The fraction of sp³-hybridized carbons (Fsp3) is 0.954. The molecule has 19 heteroatoms. The van der Waals surface area contributed by atoms with Gasteiger partial charge in [0.1, 0.15) is 19.3 Å². The number of carbonyl (C=O) groups excluding carboxylic acids is 4. The number of hydrogen-bond donors (Lipinski definition) is 3. The minimum atomic E-state index is -4.96. The van der Waals surface area contributed by atoms with Crippen molar-refractivity contribution in [3.05, 3.63) is 0 Å². The van der Waals surface area contributed by atoms with Crippen LogP contribution < -0.4 is 0 Å². The van der Waals surface area contributed by atoms with Crippen LogP contribution in [0, 0.1) is 5.92 Å². The minimum Gasteiger partial charge on any atom is -0.462 e. The van der Waals surface area contributed by atoms with Crippen LogP contribution in [0.25, 0.3) is 0 Å². The number of ether oxygens (including phenoxy) is 4. The summed E-state index contributed by atoms with van der Waals surface area (Å²) in [5, 5.41) is 10.7. The van der Waals surface area contributed by atoms with Crippen LogP contribution in [-0.2, 0) is 65.4 Å². The maximum atomic E-state index is 13.2. The van der Waals surface area contributed by atoms with Gasteiger partial charge in [-0.15, -0.1) is 0 Å². The summed E-state index contributed by atoms with van der Waals surface area (Å²) in [7, 11) is -9.92. The summed E-state index contributed by atoms with van der Waals surface area (Å²) in [6.07, 6.45) is 73.9. The van der Waals surface area contributed by atoms with Gasteiger partial charge < -0.3 is 33.8 Å². The van der Waals surface area contributed by atoms with Gasteiger partial charge in [0, 0.05) is 25.7 Å². The third-order valence-corrected chi connectivity index (χ3v) is 22.8. The third kappa shape index (κ3) is 78.7. The lowest BCUT2D eigenvalue weighted by Gasteiger charge is -2.21. The number of aliphatic hydroxyl groups excluding tert-OH is 1. The standard InChI is InChI=1S/C87H170O17P2/c1-6-10-13-16-19-21-23-25-27-28-29-30-31-32-36-40-43-47-51-56-61-66-71-85(90)98-77-83(104-87(92)73-68-63-58-53-49-45-41-37-34-33-35-39-42-46-50-55-59-64-69-80(5)9-4)79-102-106(95,96)100-75-81(88)74-99-105(93,94)101-78-82(76-97-84(89)70-65-60-54-18-15-12-8-3)103-86(91)72-67-62-57-52-48-44-38-26-24-22-20-17-14-11-7-2/h80-83,88H,6-79H2,1-5H3,(H,93,94)(H,95,96)/t80?,81-,82+,83+/m0/s1. The molecule has 6 atom stereocenters. The van der Waals surface area contributed by atoms with E-state index < -0.39 is 97.5 Å². The lowest BCUT2D eigenvalue weighted by Crippen LogP contribution is -2.30. The summed E-state index contributed by atoms with van der Waals surface area (Å²) in [5.41, 5.74) is 0. The molecule has 0 rings (SSSR count). The van der Waals surface area contributed by atoms with E-state index in [9.17, 15) is 43.2 Å². The first-order chi connectivity index (χ1) is 51.6. The number of esters is 4. The third-order valence-electron chi connectivity index (χ3n) is 20.9. The Bertz CT molecular complexity index is 2020. The van der Waals surface area contributed by atoms with Crippen molar-refractivity contribution in [1.29, 1.82) is 0 Å². The Morgan fingerprint density at radius 3 is 0.670 bits per heavy atom. The lowest BCUT2D eigenvalue weighted by molar-refractivity contribution is -0.161.